The van der Waals surface area contributed by atoms with Crippen LogP contribution < -0.4 is 10.1 Å². The molecule has 1 aromatic heterocycles. The highest BCUT2D eigenvalue weighted by Crippen LogP contribution is 2.23. The number of hydrogen-bond acceptors (Lipinski definition) is 3. The van der Waals surface area contributed by atoms with E-state index in [2.05, 4.69) is 5.32 Å². The second kappa shape index (κ2) is 8.02. The molecule has 0 fully saturated rings. The minimum absolute atomic E-state index is 0.0607. The molecule has 0 saturated carbocycles. The van der Waals surface area contributed by atoms with Crippen molar-refractivity contribution in [1.29, 1.82) is 0 Å². The predicted octanol–water partition coefficient (Wildman–Crippen LogP) is 4.44. The summed E-state index contributed by atoms with van der Waals surface area (Å²) < 4.78 is 5.67. The van der Waals surface area contributed by atoms with Crippen LogP contribution in [-0.4, -0.2) is 24.1 Å². The first-order valence-electron chi connectivity index (χ1n) is 7.77. The summed E-state index contributed by atoms with van der Waals surface area (Å²) >= 11 is 1.66. The quantitative estimate of drug-likeness (QED) is 0.850. The third-order valence-electron chi connectivity index (χ3n) is 3.57. The lowest BCUT2D eigenvalue weighted by Gasteiger charge is -2.24. The molecule has 5 heteroatoms. The highest BCUT2D eigenvalue weighted by Gasteiger charge is 2.17. The van der Waals surface area contributed by atoms with E-state index in [4.69, 9.17) is 4.74 Å². The van der Waals surface area contributed by atoms with E-state index < -0.39 is 0 Å². The Bertz CT molecular complexity index is 626. The van der Waals surface area contributed by atoms with Crippen molar-refractivity contribution < 1.29 is 9.53 Å². The third-order valence-corrected chi connectivity index (χ3v) is 4.61. The van der Waals surface area contributed by atoms with Crippen molar-refractivity contribution in [3.05, 3.63) is 52.2 Å². The van der Waals surface area contributed by atoms with Gasteiger partial charge < -0.3 is 15.0 Å². The Morgan fingerprint density at radius 1 is 1.26 bits per heavy atom. The van der Waals surface area contributed by atoms with E-state index in [0.29, 0.717) is 6.54 Å². The first-order chi connectivity index (χ1) is 11.0. The number of carbonyl (C=O) groups excluding carboxylic acids is 1. The number of nitrogens with one attached hydrogen (secondary N) is 1. The fraction of sp³-hybridized carbons (Fsp3) is 0.389. The van der Waals surface area contributed by atoms with E-state index in [9.17, 15) is 4.79 Å². The number of carbonyl (C=O) groups is 1. The molecule has 1 aromatic carbocycles. The molecular weight excluding hydrogens is 308 g/mol. The molecule has 2 rings (SSSR count). The second-order valence-corrected chi connectivity index (χ2v) is 6.75. The van der Waals surface area contributed by atoms with Crippen LogP contribution in [0.1, 0.15) is 37.3 Å². The van der Waals surface area contributed by atoms with Gasteiger partial charge in [-0.1, -0.05) is 18.2 Å². The van der Waals surface area contributed by atoms with Crippen molar-refractivity contribution in [3.8, 4) is 5.75 Å². The van der Waals surface area contributed by atoms with Crippen LogP contribution in [0.4, 0.5) is 4.79 Å². The molecule has 0 bridgehead atoms. The Balaban J connectivity index is 1.91. The molecule has 1 unspecified atom stereocenters. The van der Waals surface area contributed by atoms with Crippen LogP contribution in [0.25, 0.3) is 0 Å². The van der Waals surface area contributed by atoms with Gasteiger partial charge in [0.05, 0.1) is 12.1 Å². The van der Waals surface area contributed by atoms with Crippen LogP contribution in [0.15, 0.2) is 41.8 Å². The summed E-state index contributed by atoms with van der Waals surface area (Å²) in [5.41, 5.74) is 1.02. The Morgan fingerprint density at radius 3 is 2.70 bits per heavy atom. The van der Waals surface area contributed by atoms with Crippen LogP contribution in [-0.2, 0) is 6.54 Å². The number of nitrogens with zero attached hydrogens (tertiary/aromatic N) is 1. The lowest BCUT2D eigenvalue weighted by atomic mass is 10.2. The van der Waals surface area contributed by atoms with Crippen molar-refractivity contribution >= 4 is 17.4 Å². The highest BCUT2D eigenvalue weighted by atomic mass is 32.1. The van der Waals surface area contributed by atoms with Gasteiger partial charge in [-0.05, 0) is 49.9 Å². The maximum atomic E-state index is 12.3. The smallest absolute Gasteiger partial charge is 0.317 e. The summed E-state index contributed by atoms with van der Waals surface area (Å²) in [6.45, 7) is 6.50. The van der Waals surface area contributed by atoms with Gasteiger partial charge in [-0.2, -0.15) is 0 Å². The summed E-state index contributed by atoms with van der Waals surface area (Å²) in [6, 6.07) is 11.8. The Hall–Kier alpha value is -2.01. The maximum absolute atomic E-state index is 12.3. The first-order valence-corrected chi connectivity index (χ1v) is 8.65. The number of benzene rings is 1. The third kappa shape index (κ3) is 4.99. The molecule has 0 saturated heterocycles. The van der Waals surface area contributed by atoms with Crippen molar-refractivity contribution in [2.75, 3.05) is 7.05 Å². The highest BCUT2D eigenvalue weighted by molar-refractivity contribution is 7.10. The van der Waals surface area contributed by atoms with Gasteiger partial charge in [-0.3, -0.25) is 0 Å². The molecule has 2 amide bonds. The van der Waals surface area contributed by atoms with Gasteiger partial charge in [0.1, 0.15) is 5.75 Å². The molecule has 124 valence electrons. The van der Waals surface area contributed by atoms with Gasteiger partial charge >= 0.3 is 6.03 Å². The molecule has 2 aromatic rings. The van der Waals surface area contributed by atoms with Crippen LogP contribution in [0.5, 0.6) is 5.75 Å². The monoisotopic (exact) mass is 332 g/mol. The minimum atomic E-state index is -0.0823. The number of rotatable bonds is 6. The average molecular weight is 332 g/mol. The number of amides is 2. The van der Waals surface area contributed by atoms with E-state index in [1.807, 2.05) is 69.6 Å². The molecule has 4 nitrogen and oxygen atoms in total. The lowest BCUT2D eigenvalue weighted by molar-refractivity contribution is 0.194. The van der Waals surface area contributed by atoms with E-state index in [1.165, 1.54) is 4.88 Å². The Kier molecular flexibility index (Phi) is 6.04. The van der Waals surface area contributed by atoms with Crippen LogP contribution >= 0.6 is 11.3 Å². The van der Waals surface area contributed by atoms with Gasteiger partial charge in [-0.25, -0.2) is 4.79 Å². The maximum Gasteiger partial charge on any atom is 0.317 e. The van der Waals surface area contributed by atoms with Crippen molar-refractivity contribution in [3.63, 3.8) is 0 Å². The Morgan fingerprint density at radius 2 is 2.04 bits per heavy atom. The molecular formula is C18H24N2O2S. The van der Waals surface area contributed by atoms with Crippen LogP contribution in [0, 0.1) is 0 Å². The molecule has 0 aliphatic heterocycles. The molecule has 1 N–H and O–H groups in total. The largest absolute Gasteiger partial charge is 0.491 e. The first kappa shape index (κ1) is 17.3. The van der Waals surface area contributed by atoms with E-state index >= 15 is 0 Å². The average Bonchev–Trinajstić information content (AvgIpc) is 3.05. The van der Waals surface area contributed by atoms with E-state index in [1.54, 1.807) is 16.2 Å². The molecule has 23 heavy (non-hydrogen) atoms. The molecule has 1 heterocycles. The van der Waals surface area contributed by atoms with Gasteiger partial charge in [0.2, 0.25) is 0 Å². The van der Waals surface area contributed by atoms with Crippen molar-refractivity contribution in [2.45, 2.75) is 39.5 Å². The zero-order valence-electron chi connectivity index (χ0n) is 14.1. The predicted molar refractivity (Wildman–Crippen MR) is 94.9 cm³/mol. The molecule has 0 aliphatic rings. The fourth-order valence-corrected chi connectivity index (χ4v) is 3.03. The van der Waals surface area contributed by atoms with Crippen molar-refractivity contribution in [1.82, 2.24) is 10.2 Å². The van der Waals surface area contributed by atoms with Gasteiger partial charge in [-0.15, -0.1) is 11.3 Å². The van der Waals surface area contributed by atoms with Crippen LogP contribution in [0.2, 0.25) is 0 Å². The van der Waals surface area contributed by atoms with Gasteiger partial charge in [0.15, 0.2) is 0 Å². The standard InChI is InChI=1S/C18H24N2O2S/c1-13(2)22-16-8-5-7-15(11-16)12-19-18(21)20(4)14(3)17-9-6-10-23-17/h5-11,13-14H,12H2,1-4H3,(H,19,21). The van der Waals surface area contributed by atoms with Gasteiger partial charge in [0.25, 0.3) is 0 Å². The number of urea groups is 1. The molecule has 1 atom stereocenters. The van der Waals surface area contributed by atoms with Crippen LogP contribution in [0.3, 0.4) is 0 Å². The summed E-state index contributed by atoms with van der Waals surface area (Å²) in [5.74, 6) is 0.826. The summed E-state index contributed by atoms with van der Waals surface area (Å²) in [5, 5.41) is 4.98. The molecule has 0 spiro atoms. The SMILES string of the molecule is CC(C)Oc1cccc(CNC(=O)N(C)C(C)c2cccs2)c1. The molecule has 0 aliphatic carbocycles. The zero-order chi connectivity index (χ0) is 16.8. The fourth-order valence-electron chi connectivity index (χ4n) is 2.20. The summed E-state index contributed by atoms with van der Waals surface area (Å²) in [6.07, 6.45) is 0.137. The topological polar surface area (TPSA) is 41.6 Å². The van der Waals surface area contributed by atoms with Gasteiger partial charge in [0, 0.05) is 18.5 Å². The lowest BCUT2D eigenvalue weighted by Crippen LogP contribution is -2.38. The van der Waals surface area contributed by atoms with E-state index in [-0.39, 0.29) is 18.2 Å². The number of thiophene rings is 1. The zero-order valence-corrected chi connectivity index (χ0v) is 14.9. The summed E-state index contributed by atoms with van der Waals surface area (Å²) in [7, 11) is 1.82. The number of ether oxygens (including phenoxy) is 1. The second-order valence-electron chi connectivity index (χ2n) is 5.78. The summed E-state index contributed by atoms with van der Waals surface area (Å²) in [4.78, 5) is 15.2. The van der Waals surface area contributed by atoms with Crippen molar-refractivity contribution in [2.24, 2.45) is 0 Å². The minimum Gasteiger partial charge on any atom is -0.491 e. The molecule has 0 radical (unpaired) electrons. The van der Waals surface area contributed by atoms with E-state index in [0.717, 1.165) is 11.3 Å². The Labute approximate surface area is 142 Å². The number of hydrogen-bond donors (Lipinski definition) is 1. The normalized spacial score (nSPS) is 12.0.